The predicted octanol–water partition coefficient (Wildman–Crippen LogP) is 2.07. The van der Waals surface area contributed by atoms with E-state index >= 15 is 0 Å². The molecular formula is C18H17NO4. The Kier molecular flexibility index (Phi) is 5.63. The molecule has 0 radical (unpaired) electrons. The van der Waals surface area contributed by atoms with E-state index in [4.69, 9.17) is 0 Å². The van der Waals surface area contributed by atoms with Crippen LogP contribution in [-0.2, 0) is 16.0 Å². The number of hydrogen-bond acceptors (Lipinski definition) is 3. The minimum Gasteiger partial charge on any atom is -0.480 e. The zero-order valence-corrected chi connectivity index (χ0v) is 12.4. The Labute approximate surface area is 134 Å². The quantitative estimate of drug-likeness (QED) is 0.605. The summed E-state index contributed by atoms with van der Waals surface area (Å²) in [5, 5.41) is 11.6. The van der Waals surface area contributed by atoms with Gasteiger partial charge in [0.05, 0.1) is 6.42 Å². The van der Waals surface area contributed by atoms with E-state index in [1.54, 1.807) is 54.6 Å². The molecule has 1 atom stereocenters. The SMILES string of the molecule is O=C(CC(=O)c1ccccc1)N[C@@H](Cc1ccccc1)C(=O)O. The van der Waals surface area contributed by atoms with Gasteiger partial charge in [0.15, 0.2) is 5.78 Å². The van der Waals surface area contributed by atoms with Crippen LogP contribution in [0.4, 0.5) is 0 Å². The molecule has 0 aliphatic heterocycles. The highest BCUT2D eigenvalue weighted by Gasteiger charge is 2.21. The lowest BCUT2D eigenvalue weighted by molar-refractivity contribution is -0.141. The number of hydrogen-bond donors (Lipinski definition) is 2. The van der Waals surface area contributed by atoms with Gasteiger partial charge in [-0.05, 0) is 5.56 Å². The molecule has 0 aliphatic carbocycles. The van der Waals surface area contributed by atoms with E-state index < -0.39 is 17.9 Å². The third kappa shape index (κ3) is 5.07. The molecule has 2 aromatic carbocycles. The molecule has 0 heterocycles. The topological polar surface area (TPSA) is 83.5 Å². The molecule has 2 rings (SSSR count). The number of amides is 1. The molecule has 5 heteroatoms. The van der Waals surface area contributed by atoms with Crippen molar-refractivity contribution in [3.8, 4) is 0 Å². The number of carbonyl (C=O) groups is 3. The van der Waals surface area contributed by atoms with Crippen LogP contribution in [0.1, 0.15) is 22.3 Å². The lowest BCUT2D eigenvalue weighted by Crippen LogP contribution is -2.42. The van der Waals surface area contributed by atoms with E-state index in [9.17, 15) is 19.5 Å². The number of rotatable bonds is 7. The summed E-state index contributed by atoms with van der Waals surface area (Å²) in [6, 6.07) is 16.4. The maximum absolute atomic E-state index is 12.0. The molecule has 1 amide bonds. The van der Waals surface area contributed by atoms with Gasteiger partial charge in [-0.15, -0.1) is 0 Å². The Morgan fingerprint density at radius 3 is 2.04 bits per heavy atom. The number of carboxylic acids is 1. The molecule has 0 aliphatic rings. The second-order valence-electron chi connectivity index (χ2n) is 5.11. The fourth-order valence-corrected chi connectivity index (χ4v) is 2.17. The van der Waals surface area contributed by atoms with E-state index in [1.807, 2.05) is 6.07 Å². The molecule has 0 bridgehead atoms. The zero-order chi connectivity index (χ0) is 16.7. The van der Waals surface area contributed by atoms with Crippen molar-refractivity contribution in [1.29, 1.82) is 0 Å². The highest BCUT2D eigenvalue weighted by atomic mass is 16.4. The molecule has 118 valence electrons. The van der Waals surface area contributed by atoms with E-state index in [0.717, 1.165) is 5.56 Å². The van der Waals surface area contributed by atoms with Crippen LogP contribution in [0, 0.1) is 0 Å². The van der Waals surface area contributed by atoms with E-state index in [2.05, 4.69) is 5.32 Å². The Balaban J connectivity index is 1.96. The molecule has 0 fully saturated rings. The second kappa shape index (κ2) is 7.89. The highest BCUT2D eigenvalue weighted by Crippen LogP contribution is 2.06. The van der Waals surface area contributed by atoms with Crippen LogP contribution >= 0.6 is 0 Å². The van der Waals surface area contributed by atoms with Gasteiger partial charge in [-0.3, -0.25) is 9.59 Å². The van der Waals surface area contributed by atoms with Gasteiger partial charge in [0, 0.05) is 12.0 Å². The number of aliphatic carboxylic acids is 1. The minimum atomic E-state index is -1.13. The third-order valence-corrected chi connectivity index (χ3v) is 3.33. The van der Waals surface area contributed by atoms with Crippen molar-refractivity contribution in [3.63, 3.8) is 0 Å². The predicted molar refractivity (Wildman–Crippen MR) is 85.1 cm³/mol. The normalized spacial score (nSPS) is 11.5. The first-order chi connectivity index (χ1) is 11.1. The van der Waals surface area contributed by atoms with Crippen LogP contribution in [-0.4, -0.2) is 28.8 Å². The molecule has 0 aromatic heterocycles. The molecule has 5 nitrogen and oxygen atoms in total. The standard InChI is InChI=1S/C18H17NO4/c20-16(14-9-5-2-6-10-14)12-17(21)19-15(18(22)23)11-13-7-3-1-4-8-13/h1-10,15H,11-12H2,(H,19,21)(H,22,23)/t15-/m0/s1. The number of benzene rings is 2. The van der Waals surface area contributed by atoms with Crippen LogP contribution in [0.25, 0.3) is 0 Å². The fourth-order valence-electron chi connectivity index (χ4n) is 2.17. The van der Waals surface area contributed by atoms with Gasteiger partial charge in [0.25, 0.3) is 0 Å². The summed E-state index contributed by atoms with van der Waals surface area (Å²) >= 11 is 0. The van der Waals surface area contributed by atoms with Crippen molar-refractivity contribution in [1.82, 2.24) is 5.32 Å². The fraction of sp³-hybridized carbons (Fsp3) is 0.167. The summed E-state index contributed by atoms with van der Waals surface area (Å²) in [5.74, 6) is -2.07. The van der Waals surface area contributed by atoms with Crippen molar-refractivity contribution in [2.45, 2.75) is 18.9 Å². The number of ketones is 1. The van der Waals surface area contributed by atoms with Crippen LogP contribution in [0.15, 0.2) is 60.7 Å². The number of nitrogens with one attached hydrogen (secondary N) is 1. The first kappa shape index (κ1) is 16.4. The second-order valence-corrected chi connectivity index (χ2v) is 5.11. The Morgan fingerprint density at radius 1 is 0.913 bits per heavy atom. The average Bonchev–Trinajstić information content (AvgIpc) is 2.56. The van der Waals surface area contributed by atoms with E-state index in [0.29, 0.717) is 5.56 Å². The summed E-state index contributed by atoms with van der Waals surface area (Å²) in [6.07, 6.45) is -0.204. The van der Waals surface area contributed by atoms with Crippen LogP contribution in [0.2, 0.25) is 0 Å². The molecule has 23 heavy (non-hydrogen) atoms. The van der Waals surface area contributed by atoms with Gasteiger partial charge < -0.3 is 10.4 Å². The average molecular weight is 311 g/mol. The van der Waals surface area contributed by atoms with Crippen molar-refractivity contribution in [2.75, 3.05) is 0 Å². The van der Waals surface area contributed by atoms with Crippen molar-refractivity contribution in [3.05, 3.63) is 71.8 Å². The Morgan fingerprint density at radius 2 is 1.48 bits per heavy atom. The Hall–Kier alpha value is -2.95. The van der Waals surface area contributed by atoms with E-state index in [1.165, 1.54) is 0 Å². The third-order valence-electron chi connectivity index (χ3n) is 3.33. The maximum atomic E-state index is 12.0. The van der Waals surface area contributed by atoms with Gasteiger partial charge in [-0.25, -0.2) is 4.79 Å². The molecular weight excluding hydrogens is 294 g/mol. The lowest BCUT2D eigenvalue weighted by atomic mass is 10.0. The first-order valence-electron chi connectivity index (χ1n) is 7.20. The number of carbonyl (C=O) groups excluding carboxylic acids is 2. The maximum Gasteiger partial charge on any atom is 0.326 e. The summed E-state index contributed by atoms with van der Waals surface area (Å²) in [4.78, 5) is 35.2. The number of carboxylic acid groups (broad SMARTS) is 1. The summed E-state index contributed by atoms with van der Waals surface area (Å²) in [6.45, 7) is 0. The smallest absolute Gasteiger partial charge is 0.326 e. The number of Topliss-reactive ketones (excluding diaryl/α,β-unsaturated/α-hetero) is 1. The van der Waals surface area contributed by atoms with Gasteiger partial charge in [-0.2, -0.15) is 0 Å². The minimum absolute atomic E-state index is 0.168. The molecule has 0 saturated heterocycles. The van der Waals surface area contributed by atoms with Crippen LogP contribution in [0.5, 0.6) is 0 Å². The monoisotopic (exact) mass is 311 g/mol. The summed E-state index contributed by atoms with van der Waals surface area (Å²) in [7, 11) is 0. The Bertz CT molecular complexity index is 683. The molecule has 2 N–H and O–H groups in total. The van der Waals surface area contributed by atoms with Crippen molar-refractivity contribution in [2.24, 2.45) is 0 Å². The summed E-state index contributed by atoms with van der Waals surface area (Å²) in [5.41, 5.74) is 1.23. The first-order valence-corrected chi connectivity index (χ1v) is 7.20. The zero-order valence-electron chi connectivity index (χ0n) is 12.4. The highest BCUT2D eigenvalue weighted by molar-refractivity contribution is 6.07. The van der Waals surface area contributed by atoms with Gasteiger partial charge in [0.2, 0.25) is 5.91 Å². The molecule has 2 aromatic rings. The van der Waals surface area contributed by atoms with Crippen molar-refractivity contribution >= 4 is 17.7 Å². The molecule has 0 unspecified atom stereocenters. The molecule has 0 saturated carbocycles. The van der Waals surface area contributed by atoms with E-state index in [-0.39, 0.29) is 18.6 Å². The van der Waals surface area contributed by atoms with Gasteiger partial charge >= 0.3 is 5.97 Å². The van der Waals surface area contributed by atoms with Gasteiger partial charge in [0.1, 0.15) is 6.04 Å². The lowest BCUT2D eigenvalue weighted by Gasteiger charge is -2.14. The summed E-state index contributed by atoms with van der Waals surface area (Å²) < 4.78 is 0. The van der Waals surface area contributed by atoms with Gasteiger partial charge in [-0.1, -0.05) is 60.7 Å². The van der Waals surface area contributed by atoms with Crippen LogP contribution in [0.3, 0.4) is 0 Å². The van der Waals surface area contributed by atoms with Crippen molar-refractivity contribution < 1.29 is 19.5 Å². The van der Waals surface area contributed by atoms with Crippen LogP contribution < -0.4 is 5.32 Å². The molecule has 0 spiro atoms. The largest absolute Gasteiger partial charge is 0.480 e.